The predicted molar refractivity (Wildman–Crippen MR) is 77.3 cm³/mol. The first kappa shape index (κ1) is 14.2. The van der Waals surface area contributed by atoms with Crippen molar-refractivity contribution in [3.8, 4) is 0 Å². The summed E-state index contributed by atoms with van der Waals surface area (Å²) in [7, 11) is 0. The molecule has 0 radical (unpaired) electrons. The summed E-state index contributed by atoms with van der Waals surface area (Å²) < 4.78 is 5.15. The van der Waals surface area contributed by atoms with Crippen LogP contribution in [0.3, 0.4) is 0 Å². The third-order valence-corrected chi connectivity index (χ3v) is 3.58. The van der Waals surface area contributed by atoms with Crippen LogP contribution in [0.15, 0.2) is 34.7 Å². The third kappa shape index (κ3) is 2.83. The van der Waals surface area contributed by atoms with E-state index in [-0.39, 0.29) is 17.7 Å². The molecule has 114 valence electrons. The van der Waals surface area contributed by atoms with Crippen molar-refractivity contribution >= 4 is 11.8 Å². The van der Waals surface area contributed by atoms with Gasteiger partial charge in [0.15, 0.2) is 0 Å². The SMILES string of the molecule is Cc1nnc(C(=O)N2CCN(C(=O)c3ccccc3)CC2)o1. The highest BCUT2D eigenvalue weighted by Gasteiger charge is 2.27. The highest BCUT2D eigenvalue weighted by atomic mass is 16.4. The van der Waals surface area contributed by atoms with Gasteiger partial charge in [-0.25, -0.2) is 0 Å². The Balaban J connectivity index is 1.61. The van der Waals surface area contributed by atoms with Gasteiger partial charge in [0, 0.05) is 38.7 Å². The van der Waals surface area contributed by atoms with E-state index in [1.807, 2.05) is 18.2 Å². The van der Waals surface area contributed by atoms with Crippen LogP contribution in [0.25, 0.3) is 0 Å². The standard InChI is InChI=1S/C15H16N4O3/c1-11-16-17-13(22-11)15(21)19-9-7-18(8-10-19)14(20)12-5-3-2-4-6-12/h2-6H,7-10H2,1H3. The zero-order valence-electron chi connectivity index (χ0n) is 12.2. The van der Waals surface area contributed by atoms with Crippen LogP contribution in [-0.4, -0.2) is 58.0 Å². The molecule has 0 unspecified atom stereocenters. The Hall–Kier alpha value is -2.70. The monoisotopic (exact) mass is 300 g/mol. The molecule has 0 spiro atoms. The van der Waals surface area contributed by atoms with E-state index < -0.39 is 0 Å². The molecule has 1 aromatic heterocycles. The van der Waals surface area contributed by atoms with E-state index in [1.54, 1.807) is 28.9 Å². The second kappa shape index (κ2) is 5.97. The fourth-order valence-corrected chi connectivity index (χ4v) is 2.39. The number of carbonyl (C=O) groups is 2. The molecular weight excluding hydrogens is 284 g/mol. The molecule has 0 atom stereocenters. The second-order valence-electron chi connectivity index (χ2n) is 5.08. The minimum atomic E-state index is -0.285. The van der Waals surface area contributed by atoms with Gasteiger partial charge >= 0.3 is 11.8 Å². The number of benzene rings is 1. The van der Waals surface area contributed by atoms with Crippen molar-refractivity contribution in [1.82, 2.24) is 20.0 Å². The molecule has 0 N–H and O–H groups in total. The van der Waals surface area contributed by atoms with Gasteiger partial charge in [0.1, 0.15) is 0 Å². The van der Waals surface area contributed by atoms with Crippen LogP contribution in [0.2, 0.25) is 0 Å². The largest absolute Gasteiger partial charge is 0.417 e. The average molecular weight is 300 g/mol. The molecule has 3 rings (SSSR count). The van der Waals surface area contributed by atoms with Crippen LogP contribution in [0.1, 0.15) is 26.9 Å². The lowest BCUT2D eigenvalue weighted by atomic mass is 10.2. The van der Waals surface area contributed by atoms with Gasteiger partial charge in [-0.1, -0.05) is 18.2 Å². The summed E-state index contributed by atoms with van der Waals surface area (Å²) in [4.78, 5) is 27.9. The molecule has 1 aliphatic rings. The first-order valence-corrected chi connectivity index (χ1v) is 7.09. The first-order valence-electron chi connectivity index (χ1n) is 7.09. The zero-order valence-corrected chi connectivity index (χ0v) is 12.2. The quantitative estimate of drug-likeness (QED) is 0.826. The molecule has 1 fully saturated rings. The Morgan fingerprint density at radius 2 is 1.55 bits per heavy atom. The number of rotatable bonds is 2. The number of amides is 2. The predicted octanol–water partition coefficient (Wildman–Crippen LogP) is 0.976. The Morgan fingerprint density at radius 3 is 2.09 bits per heavy atom. The lowest BCUT2D eigenvalue weighted by Crippen LogP contribution is -2.50. The minimum Gasteiger partial charge on any atom is -0.417 e. The van der Waals surface area contributed by atoms with Crippen molar-refractivity contribution in [1.29, 1.82) is 0 Å². The second-order valence-corrected chi connectivity index (χ2v) is 5.08. The number of carbonyl (C=O) groups excluding carboxylic acids is 2. The maximum Gasteiger partial charge on any atom is 0.311 e. The third-order valence-electron chi connectivity index (χ3n) is 3.58. The molecule has 7 nitrogen and oxygen atoms in total. The smallest absolute Gasteiger partial charge is 0.311 e. The maximum atomic E-state index is 12.3. The summed E-state index contributed by atoms with van der Waals surface area (Å²) >= 11 is 0. The maximum absolute atomic E-state index is 12.3. The summed E-state index contributed by atoms with van der Waals surface area (Å²) in [5.74, 6) is 0.0651. The average Bonchev–Trinajstić information content (AvgIpc) is 3.01. The number of hydrogen-bond acceptors (Lipinski definition) is 5. The van der Waals surface area contributed by atoms with E-state index >= 15 is 0 Å². The Kier molecular flexibility index (Phi) is 3.86. The molecule has 2 aromatic rings. The van der Waals surface area contributed by atoms with Crippen LogP contribution >= 0.6 is 0 Å². The molecule has 0 bridgehead atoms. The minimum absolute atomic E-state index is 0.000311. The van der Waals surface area contributed by atoms with Gasteiger partial charge in [0.05, 0.1) is 0 Å². The van der Waals surface area contributed by atoms with Crippen molar-refractivity contribution in [3.63, 3.8) is 0 Å². The van der Waals surface area contributed by atoms with Gasteiger partial charge in [0.25, 0.3) is 5.91 Å². The molecule has 2 amide bonds. The molecule has 1 aromatic carbocycles. The zero-order chi connectivity index (χ0) is 15.5. The number of hydrogen-bond donors (Lipinski definition) is 0. The topological polar surface area (TPSA) is 79.5 Å². The van der Waals surface area contributed by atoms with Crippen LogP contribution in [0.4, 0.5) is 0 Å². The summed E-state index contributed by atoms with van der Waals surface area (Å²) in [5, 5.41) is 7.39. The summed E-state index contributed by atoms with van der Waals surface area (Å²) in [6.45, 7) is 3.54. The van der Waals surface area contributed by atoms with E-state index in [1.165, 1.54) is 0 Å². The fraction of sp³-hybridized carbons (Fsp3) is 0.333. The van der Waals surface area contributed by atoms with E-state index in [2.05, 4.69) is 10.2 Å². The van der Waals surface area contributed by atoms with Gasteiger partial charge in [-0.2, -0.15) is 0 Å². The Morgan fingerprint density at radius 1 is 0.955 bits per heavy atom. The molecule has 2 heterocycles. The van der Waals surface area contributed by atoms with Crippen molar-refractivity contribution in [3.05, 3.63) is 47.7 Å². The number of nitrogens with zero attached hydrogens (tertiary/aromatic N) is 4. The van der Waals surface area contributed by atoms with Crippen LogP contribution in [0.5, 0.6) is 0 Å². The van der Waals surface area contributed by atoms with Gasteiger partial charge in [0.2, 0.25) is 5.89 Å². The normalized spacial score (nSPS) is 15.0. The molecule has 7 heteroatoms. The lowest BCUT2D eigenvalue weighted by molar-refractivity contribution is 0.0512. The Labute approximate surface area is 127 Å². The van der Waals surface area contributed by atoms with Gasteiger partial charge in [-0.15, -0.1) is 10.2 Å². The summed E-state index contributed by atoms with van der Waals surface area (Å²) in [6, 6.07) is 9.14. The van der Waals surface area contributed by atoms with Crippen molar-refractivity contribution in [2.75, 3.05) is 26.2 Å². The number of aromatic nitrogens is 2. The molecule has 0 saturated carbocycles. The number of piperazine rings is 1. The molecular formula is C15H16N4O3. The first-order chi connectivity index (χ1) is 10.6. The lowest BCUT2D eigenvalue weighted by Gasteiger charge is -2.34. The van der Waals surface area contributed by atoms with Crippen LogP contribution in [0, 0.1) is 6.92 Å². The highest BCUT2D eigenvalue weighted by molar-refractivity contribution is 5.94. The summed E-state index contributed by atoms with van der Waals surface area (Å²) in [6.07, 6.45) is 0. The van der Waals surface area contributed by atoms with Crippen molar-refractivity contribution in [2.45, 2.75) is 6.92 Å². The molecule has 1 aliphatic heterocycles. The van der Waals surface area contributed by atoms with E-state index in [9.17, 15) is 9.59 Å². The Bertz CT molecular complexity index is 675. The van der Waals surface area contributed by atoms with E-state index in [0.29, 0.717) is 37.6 Å². The molecule has 1 saturated heterocycles. The van der Waals surface area contributed by atoms with Crippen LogP contribution in [-0.2, 0) is 0 Å². The number of aryl methyl sites for hydroxylation is 1. The molecule has 0 aliphatic carbocycles. The van der Waals surface area contributed by atoms with Crippen LogP contribution < -0.4 is 0 Å². The van der Waals surface area contributed by atoms with Gasteiger partial charge in [-0.3, -0.25) is 9.59 Å². The van der Waals surface area contributed by atoms with Crippen molar-refractivity contribution < 1.29 is 14.0 Å². The fourth-order valence-electron chi connectivity index (χ4n) is 2.39. The van der Waals surface area contributed by atoms with E-state index in [4.69, 9.17) is 4.42 Å². The van der Waals surface area contributed by atoms with Gasteiger partial charge in [-0.05, 0) is 12.1 Å². The van der Waals surface area contributed by atoms with Gasteiger partial charge < -0.3 is 14.2 Å². The summed E-state index contributed by atoms with van der Waals surface area (Å²) in [5.41, 5.74) is 0.662. The molecule has 22 heavy (non-hydrogen) atoms. The van der Waals surface area contributed by atoms with E-state index in [0.717, 1.165) is 0 Å². The van der Waals surface area contributed by atoms with Crippen molar-refractivity contribution in [2.24, 2.45) is 0 Å². The highest BCUT2D eigenvalue weighted by Crippen LogP contribution is 2.11.